The summed E-state index contributed by atoms with van der Waals surface area (Å²) in [5.41, 5.74) is 4.84. The minimum atomic E-state index is -0.700. The van der Waals surface area contributed by atoms with Crippen LogP contribution in [0.5, 0.6) is 17.2 Å². The lowest BCUT2D eigenvalue weighted by molar-refractivity contribution is -0.140. The van der Waals surface area contributed by atoms with Crippen LogP contribution in [0.25, 0.3) is 0 Å². The van der Waals surface area contributed by atoms with Crippen molar-refractivity contribution in [3.05, 3.63) is 112 Å². The minimum absolute atomic E-state index is 0.0324. The van der Waals surface area contributed by atoms with E-state index in [1.54, 1.807) is 25.3 Å². The number of rotatable bonds is 9. The summed E-state index contributed by atoms with van der Waals surface area (Å²) in [7, 11) is 1.62. The number of benzene rings is 3. The summed E-state index contributed by atoms with van der Waals surface area (Å²) in [6, 6.07) is 22.3. The number of allylic oxidation sites excluding steroid dienone is 3. The number of nitrogens with one attached hydrogen (secondary N) is 1. The van der Waals surface area contributed by atoms with Gasteiger partial charge in [0.15, 0.2) is 17.3 Å². The molecule has 8 heteroatoms. The van der Waals surface area contributed by atoms with Gasteiger partial charge in [-0.25, -0.2) is 4.79 Å². The molecule has 1 aliphatic carbocycles. The largest absolute Gasteiger partial charge is 0.497 e. The van der Waals surface area contributed by atoms with Gasteiger partial charge in [-0.2, -0.15) is 0 Å². The van der Waals surface area contributed by atoms with Crippen molar-refractivity contribution in [3.63, 3.8) is 0 Å². The monoisotopic (exact) mass is 581 g/mol. The van der Waals surface area contributed by atoms with E-state index in [-0.39, 0.29) is 24.1 Å². The normalized spacial score (nSPS) is 18.0. The Hall–Kier alpha value is -4.85. The number of methoxy groups -OCH3 is 1. The summed E-state index contributed by atoms with van der Waals surface area (Å²) in [5.74, 6) is -0.408. The Morgan fingerprint density at radius 2 is 1.65 bits per heavy atom. The maximum Gasteiger partial charge on any atom is 0.337 e. The molecule has 0 saturated heterocycles. The van der Waals surface area contributed by atoms with Crippen molar-refractivity contribution in [2.75, 3.05) is 13.7 Å². The van der Waals surface area contributed by atoms with Gasteiger partial charge < -0.3 is 24.3 Å². The molecule has 5 rings (SSSR count). The van der Waals surface area contributed by atoms with Crippen LogP contribution in [0.4, 0.5) is 0 Å². The van der Waals surface area contributed by atoms with E-state index in [1.807, 2.05) is 68.4 Å². The van der Waals surface area contributed by atoms with Crippen molar-refractivity contribution in [2.24, 2.45) is 0 Å². The highest BCUT2D eigenvalue weighted by molar-refractivity contribution is 6.04. The molecule has 0 radical (unpaired) electrons. The van der Waals surface area contributed by atoms with E-state index in [1.165, 1.54) is 6.92 Å². The SMILES string of the molecule is CCOc1cc(C2C(C(=O)OCc3ccccc3)=C(C)NC3=C2C(=O)CC(c2ccc(OC)cc2)C3)ccc1OC(C)=O. The lowest BCUT2D eigenvalue weighted by Gasteiger charge is -2.37. The van der Waals surface area contributed by atoms with Crippen molar-refractivity contribution in [1.29, 1.82) is 0 Å². The summed E-state index contributed by atoms with van der Waals surface area (Å²) in [6.45, 7) is 5.41. The van der Waals surface area contributed by atoms with Crippen LogP contribution in [0.3, 0.4) is 0 Å². The van der Waals surface area contributed by atoms with Crippen molar-refractivity contribution < 1.29 is 33.3 Å². The molecule has 2 aliphatic rings. The van der Waals surface area contributed by atoms with E-state index in [2.05, 4.69) is 5.32 Å². The number of ether oxygens (including phenoxy) is 4. The van der Waals surface area contributed by atoms with Crippen LogP contribution in [0.1, 0.15) is 62.1 Å². The van der Waals surface area contributed by atoms with Crippen LogP contribution < -0.4 is 19.5 Å². The van der Waals surface area contributed by atoms with Crippen LogP contribution in [-0.4, -0.2) is 31.4 Å². The number of carbonyl (C=O) groups excluding carboxylic acids is 3. The standard InChI is InChI=1S/C35H35NO7/c1-5-41-31-19-25(13-16-30(31)43-22(3)37)33-32(35(39)42-20-23-9-7-6-8-10-23)21(2)36-28-17-26(18-29(38)34(28)33)24-11-14-27(40-4)15-12-24/h6-16,19,26,33,36H,5,17-18,20H2,1-4H3. The second-order valence-electron chi connectivity index (χ2n) is 10.6. The maximum absolute atomic E-state index is 14.0. The van der Waals surface area contributed by atoms with Gasteiger partial charge in [-0.3, -0.25) is 9.59 Å². The van der Waals surface area contributed by atoms with Crippen molar-refractivity contribution >= 4 is 17.7 Å². The van der Waals surface area contributed by atoms with Crippen LogP contribution in [0.2, 0.25) is 0 Å². The van der Waals surface area contributed by atoms with Gasteiger partial charge in [0.1, 0.15) is 12.4 Å². The van der Waals surface area contributed by atoms with Crippen molar-refractivity contribution in [3.8, 4) is 17.2 Å². The van der Waals surface area contributed by atoms with E-state index in [0.29, 0.717) is 47.6 Å². The number of carbonyl (C=O) groups is 3. The molecule has 3 aromatic carbocycles. The lowest BCUT2D eigenvalue weighted by Crippen LogP contribution is -2.36. The van der Waals surface area contributed by atoms with E-state index in [4.69, 9.17) is 18.9 Å². The molecule has 1 heterocycles. The summed E-state index contributed by atoms with van der Waals surface area (Å²) in [5, 5.41) is 3.39. The molecule has 0 bridgehead atoms. The lowest BCUT2D eigenvalue weighted by atomic mass is 9.71. The van der Waals surface area contributed by atoms with Gasteiger partial charge in [-0.1, -0.05) is 48.5 Å². The van der Waals surface area contributed by atoms with Crippen LogP contribution in [0, 0.1) is 0 Å². The number of esters is 2. The highest BCUT2D eigenvalue weighted by atomic mass is 16.6. The summed E-state index contributed by atoms with van der Waals surface area (Å²) < 4.78 is 22.3. The zero-order valence-electron chi connectivity index (χ0n) is 24.8. The first kappa shape index (κ1) is 29.6. The smallest absolute Gasteiger partial charge is 0.337 e. The second-order valence-corrected chi connectivity index (χ2v) is 10.6. The van der Waals surface area contributed by atoms with Crippen molar-refractivity contribution in [2.45, 2.75) is 52.1 Å². The third-order valence-electron chi connectivity index (χ3n) is 7.70. The molecule has 8 nitrogen and oxygen atoms in total. The zero-order chi connectivity index (χ0) is 30.5. The molecule has 1 N–H and O–H groups in total. The third-order valence-corrected chi connectivity index (χ3v) is 7.70. The predicted octanol–water partition coefficient (Wildman–Crippen LogP) is 6.12. The summed E-state index contributed by atoms with van der Waals surface area (Å²) in [4.78, 5) is 39.5. The third kappa shape index (κ3) is 6.48. The highest BCUT2D eigenvalue weighted by Gasteiger charge is 2.41. The molecule has 0 aromatic heterocycles. The Morgan fingerprint density at radius 3 is 2.33 bits per heavy atom. The first-order chi connectivity index (χ1) is 20.8. The Morgan fingerprint density at radius 1 is 0.930 bits per heavy atom. The van der Waals surface area contributed by atoms with Gasteiger partial charge in [-0.15, -0.1) is 0 Å². The molecule has 43 heavy (non-hydrogen) atoms. The second kappa shape index (κ2) is 13.0. The highest BCUT2D eigenvalue weighted by Crippen LogP contribution is 2.47. The Labute approximate surface area is 251 Å². The van der Waals surface area contributed by atoms with Crippen molar-refractivity contribution in [1.82, 2.24) is 5.32 Å². The molecular weight excluding hydrogens is 546 g/mol. The van der Waals surface area contributed by atoms with Crippen LogP contribution in [-0.2, 0) is 25.7 Å². The Bertz CT molecular complexity index is 1590. The van der Waals surface area contributed by atoms with Gasteiger partial charge >= 0.3 is 11.9 Å². The molecule has 0 spiro atoms. The molecule has 3 aromatic rings. The first-order valence-electron chi connectivity index (χ1n) is 14.3. The summed E-state index contributed by atoms with van der Waals surface area (Å²) >= 11 is 0. The average Bonchev–Trinajstić information content (AvgIpc) is 3.00. The Balaban J connectivity index is 1.55. The summed E-state index contributed by atoms with van der Waals surface area (Å²) in [6.07, 6.45) is 0.885. The van der Waals surface area contributed by atoms with E-state index >= 15 is 0 Å². The number of hydrogen-bond acceptors (Lipinski definition) is 8. The van der Waals surface area contributed by atoms with Gasteiger partial charge in [-0.05, 0) is 67.1 Å². The quantitative estimate of drug-likeness (QED) is 0.238. The fourth-order valence-electron chi connectivity index (χ4n) is 5.77. The van der Waals surface area contributed by atoms with Gasteiger partial charge in [0.2, 0.25) is 0 Å². The molecule has 0 fully saturated rings. The zero-order valence-corrected chi connectivity index (χ0v) is 24.8. The molecule has 2 atom stereocenters. The fraction of sp³-hybridized carbons (Fsp3) is 0.286. The molecular formula is C35H35NO7. The number of hydrogen-bond donors (Lipinski definition) is 1. The molecule has 222 valence electrons. The first-order valence-corrected chi connectivity index (χ1v) is 14.3. The fourth-order valence-corrected chi connectivity index (χ4v) is 5.77. The minimum Gasteiger partial charge on any atom is -0.497 e. The molecule has 0 amide bonds. The van der Waals surface area contributed by atoms with Gasteiger partial charge in [0.05, 0.1) is 19.3 Å². The Kier molecular flexibility index (Phi) is 8.95. The topological polar surface area (TPSA) is 100 Å². The van der Waals surface area contributed by atoms with Crippen LogP contribution >= 0.6 is 0 Å². The van der Waals surface area contributed by atoms with Crippen LogP contribution in [0.15, 0.2) is 95.3 Å². The van der Waals surface area contributed by atoms with E-state index in [0.717, 1.165) is 22.6 Å². The number of ketones is 1. The molecule has 0 saturated carbocycles. The maximum atomic E-state index is 14.0. The number of dihydropyridines is 1. The molecule has 2 unspecified atom stereocenters. The van der Waals surface area contributed by atoms with E-state index < -0.39 is 17.9 Å². The van der Waals surface area contributed by atoms with Gasteiger partial charge in [0.25, 0.3) is 0 Å². The van der Waals surface area contributed by atoms with Gasteiger partial charge in [0, 0.05) is 36.2 Å². The average molecular weight is 582 g/mol. The van der Waals surface area contributed by atoms with E-state index in [9.17, 15) is 14.4 Å². The molecule has 1 aliphatic heterocycles. The predicted molar refractivity (Wildman–Crippen MR) is 161 cm³/mol. The number of Topliss-reactive ketones (excluding diaryl/α,β-unsaturated/α-hetero) is 1.